The minimum Gasteiger partial charge on any atom is -0.467 e. The number of rotatable bonds is 10. The summed E-state index contributed by atoms with van der Waals surface area (Å²) >= 11 is 0. The molecule has 0 unspecified atom stereocenters. The SMILES string of the molecule is COC(=O)[C@H](CCOCCOS(C)(=O)=O)NC(=O)CC(C)(C)C. The number of methoxy groups -OCH3 is 1. The predicted molar refractivity (Wildman–Crippen MR) is 84.3 cm³/mol. The zero-order valence-electron chi connectivity index (χ0n) is 14.4. The molecule has 1 N–H and O–H groups in total. The summed E-state index contributed by atoms with van der Waals surface area (Å²) in [6, 6.07) is -0.800. The van der Waals surface area contributed by atoms with E-state index in [1.807, 2.05) is 20.8 Å². The molecule has 0 rings (SSSR count). The van der Waals surface area contributed by atoms with E-state index in [0.717, 1.165) is 6.26 Å². The highest BCUT2D eigenvalue weighted by molar-refractivity contribution is 7.85. The Labute approximate surface area is 138 Å². The Bertz CT molecular complexity index is 482. The maximum absolute atomic E-state index is 11.9. The zero-order chi connectivity index (χ0) is 18.1. The molecule has 136 valence electrons. The van der Waals surface area contributed by atoms with Crippen molar-refractivity contribution in [2.24, 2.45) is 5.41 Å². The molecular formula is C14H27NO7S. The molecule has 0 aromatic carbocycles. The lowest BCUT2D eigenvalue weighted by atomic mass is 9.92. The molecule has 0 aliphatic rings. The van der Waals surface area contributed by atoms with E-state index in [1.54, 1.807) is 0 Å². The molecule has 0 bridgehead atoms. The first kappa shape index (κ1) is 21.8. The van der Waals surface area contributed by atoms with Crippen LogP contribution in [0.2, 0.25) is 0 Å². The van der Waals surface area contributed by atoms with E-state index in [4.69, 9.17) is 4.74 Å². The first-order valence-corrected chi connectivity index (χ1v) is 9.05. The molecule has 0 aromatic rings. The van der Waals surface area contributed by atoms with Gasteiger partial charge in [-0.1, -0.05) is 20.8 Å². The summed E-state index contributed by atoms with van der Waals surface area (Å²) in [4.78, 5) is 23.6. The van der Waals surface area contributed by atoms with Gasteiger partial charge < -0.3 is 14.8 Å². The molecule has 0 fully saturated rings. The van der Waals surface area contributed by atoms with Gasteiger partial charge in [0.15, 0.2) is 0 Å². The van der Waals surface area contributed by atoms with Crippen LogP contribution in [0.3, 0.4) is 0 Å². The van der Waals surface area contributed by atoms with Gasteiger partial charge >= 0.3 is 5.97 Å². The van der Waals surface area contributed by atoms with Gasteiger partial charge in [0, 0.05) is 19.4 Å². The molecule has 23 heavy (non-hydrogen) atoms. The largest absolute Gasteiger partial charge is 0.467 e. The minimum absolute atomic E-state index is 0.0664. The summed E-state index contributed by atoms with van der Waals surface area (Å²) in [7, 11) is -2.25. The van der Waals surface area contributed by atoms with E-state index < -0.39 is 22.1 Å². The number of hydrogen-bond acceptors (Lipinski definition) is 7. The molecule has 8 nitrogen and oxygen atoms in total. The Kier molecular flexibility index (Phi) is 9.33. The van der Waals surface area contributed by atoms with Crippen molar-refractivity contribution < 1.29 is 31.7 Å². The van der Waals surface area contributed by atoms with Gasteiger partial charge in [-0.3, -0.25) is 8.98 Å². The van der Waals surface area contributed by atoms with Crippen molar-refractivity contribution in [3.63, 3.8) is 0 Å². The summed E-state index contributed by atoms with van der Waals surface area (Å²) in [5.74, 6) is -0.795. The van der Waals surface area contributed by atoms with Crippen LogP contribution in [-0.2, 0) is 33.4 Å². The molecule has 0 saturated heterocycles. The molecule has 9 heteroatoms. The maximum atomic E-state index is 11.9. The lowest BCUT2D eigenvalue weighted by molar-refractivity contribution is -0.145. The smallest absolute Gasteiger partial charge is 0.328 e. The van der Waals surface area contributed by atoms with Crippen molar-refractivity contribution >= 4 is 22.0 Å². The van der Waals surface area contributed by atoms with Crippen LogP contribution >= 0.6 is 0 Å². The molecule has 0 saturated carbocycles. The lowest BCUT2D eigenvalue weighted by Crippen LogP contribution is -2.43. The van der Waals surface area contributed by atoms with Crippen LogP contribution in [-0.4, -0.2) is 59.5 Å². The fourth-order valence-electron chi connectivity index (χ4n) is 1.67. The summed E-state index contributed by atoms with van der Waals surface area (Å²) < 4.78 is 35.8. The fraction of sp³-hybridized carbons (Fsp3) is 0.857. The summed E-state index contributed by atoms with van der Waals surface area (Å²) in [5.41, 5.74) is -0.190. The topological polar surface area (TPSA) is 108 Å². The Morgan fingerprint density at radius 2 is 1.74 bits per heavy atom. The molecule has 0 heterocycles. The van der Waals surface area contributed by atoms with Crippen LogP contribution in [0.15, 0.2) is 0 Å². The molecule has 1 atom stereocenters. The van der Waals surface area contributed by atoms with Gasteiger partial charge in [-0.2, -0.15) is 8.42 Å². The predicted octanol–water partition coefficient (Wildman–Crippen LogP) is 0.463. The molecule has 0 radical (unpaired) electrons. The van der Waals surface area contributed by atoms with Gasteiger partial charge in [-0.05, 0) is 5.41 Å². The van der Waals surface area contributed by atoms with Crippen molar-refractivity contribution in [1.29, 1.82) is 0 Å². The standard InChI is InChI=1S/C14H27NO7S/c1-14(2,3)10-12(16)15-11(13(17)20-4)6-7-21-8-9-22-23(5,18)19/h11H,6-10H2,1-5H3,(H,15,16)/t11-/m0/s1. The Morgan fingerprint density at radius 1 is 1.13 bits per heavy atom. The molecule has 0 aliphatic heterocycles. The fourth-order valence-corrected chi connectivity index (χ4v) is 2.04. The van der Waals surface area contributed by atoms with Crippen LogP contribution in [0.4, 0.5) is 0 Å². The Hall–Kier alpha value is -1.19. The van der Waals surface area contributed by atoms with Gasteiger partial charge in [0.25, 0.3) is 10.1 Å². The molecule has 0 aromatic heterocycles. The first-order chi connectivity index (χ1) is 10.4. The maximum Gasteiger partial charge on any atom is 0.328 e. The highest BCUT2D eigenvalue weighted by Gasteiger charge is 2.24. The van der Waals surface area contributed by atoms with Gasteiger partial charge in [0.05, 0.1) is 26.6 Å². The van der Waals surface area contributed by atoms with Gasteiger partial charge in [0.1, 0.15) is 6.04 Å². The van der Waals surface area contributed by atoms with Crippen molar-refractivity contribution in [2.75, 3.05) is 33.2 Å². The van der Waals surface area contributed by atoms with Crippen LogP contribution < -0.4 is 5.32 Å². The number of carbonyl (C=O) groups is 2. The van der Waals surface area contributed by atoms with Crippen molar-refractivity contribution in [2.45, 2.75) is 39.7 Å². The molecule has 0 aliphatic carbocycles. The van der Waals surface area contributed by atoms with Crippen LogP contribution in [0.25, 0.3) is 0 Å². The van der Waals surface area contributed by atoms with E-state index >= 15 is 0 Å². The van der Waals surface area contributed by atoms with Crippen molar-refractivity contribution in [3.05, 3.63) is 0 Å². The number of carbonyl (C=O) groups excluding carboxylic acids is 2. The lowest BCUT2D eigenvalue weighted by Gasteiger charge is -2.21. The second kappa shape index (κ2) is 9.84. The van der Waals surface area contributed by atoms with E-state index in [1.165, 1.54) is 7.11 Å². The monoisotopic (exact) mass is 353 g/mol. The van der Waals surface area contributed by atoms with Crippen LogP contribution in [0.1, 0.15) is 33.6 Å². The third-order valence-corrected chi connectivity index (χ3v) is 3.18. The molecular weight excluding hydrogens is 326 g/mol. The Balaban J connectivity index is 4.21. The van der Waals surface area contributed by atoms with Gasteiger partial charge in [-0.25, -0.2) is 4.79 Å². The molecule has 1 amide bonds. The van der Waals surface area contributed by atoms with Gasteiger partial charge in [-0.15, -0.1) is 0 Å². The first-order valence-electron chi connectivity index (χ1n) is 7.24. The van der Waals surface area contributed by atoms with E-state index in [9.17, 15) is 18.0 Å². The summed E-state index contributed by atoms with van der Waals surface area (Å²) in [6.07, 6.45) is 1.45. The number of ether oxygens (including phenoxy) is 2. The highest BCUT2D eigenvalue weighted by atomic mass is 32.2. The number of amides is 1. The zero-order valence-corrected chi connectivity index (χ0v) is 15.2. The summed E-state index contributed by atoms with van der Waals surface area (Å²) in [6.45, 7) is 5.89. The summed E-state index contributed by atoms with van der Waals surface area (Å²) in [5, 5.41) is 2.62. The van der Waals surface area contributed by atoms with Crippen molar-refractivity contribution in [3.8, 4) is 0 Å². The normalized spacial score (nSPS) is 13.4. The van der Waals surface area contributed by atoms with E-state index in [-0.39, 0.29) is 44.0 Å². The quantitative estimate of drug-likeness (QED) is 0.345. The highest BCUT2D eigenvalue weighted by Crippen LogP contribution is 2.18. The van der Waals surface area contributed by atoms with E-state index in [0.29, 0.717) is 0 Å². The minimum atomic E-state index is -3.49. The average Bonchev–Trinajstić information content (AvgIpc) is 2.37. The van der Waals surface area contributed by atoms with Crippen LogP contribution in [0.5, 0.6) is 0 Å². The Morgan fingerprint density at radius 3 is 2.22 bits per heavy atom. The van der Waals surface area contributed by atoms with Crippen molar-refractivity contribution in [1.82, 2.24) is 5.32 Å². The molecule has 0 spiro atoms. The number of hydrogen-bond donors (Lipinski definition) is 1. The second-order valence-electron chi connectivity index (χ2n) is 6.31. The van der Waals surface area contributed by atoms with Crippen LogP contribution in [0, 0.1) is 5.41 Å². The van der Waals surface area contributed by atoms with Gasteiger partial charge in [0.2, 0.25) is 5.91 Å². The third-order valence-electron chi connectivity index (χ3n) is 2.59. The second-order valence-corrected chi connectivity index (χ2v) is 7.95. The number of nitrogens with one attached hydrogen (secondary N) is 1. The number of esters is 1. The van der Waals surface area contributed by atoms with E-state index in [2.05, 4.69) is 14.2 Å². The average molecular weight is 353 g/mol. The third kappa shape index (κ3) is 13.0.